The number of morpholine rings is 1. The number of aromatic nitrogens is 2. The van der Waals surface area contributed by atoms with Crippen molar-refractivity contribution in [2.24, 2.45) is 0 Å². The van der Waals surface area contributed by atoms with Crippen molar-refractivity contribution in [2.75, 3.05) is 26.3 Å². The molecule has 1 fully saturated rings. The molecule has 142 valence electrons. The third kappa shape index (κ3) is 4.03. The van der Waals surface area contributed by atoms with Crippen LogP contribution in [0.3, 0.4) is 0 Å². The van der Waals surface area contributed by atoms with Gasteiger partial charge in [-0.15, -0.1) is 0 Å². The van der Waals surface area contributed by atoms with Crippen molar-refractivity contribution in [3.8, 4) is 0 Å². The highest BCUT2D eigenvalue weighted by Crippen LogP contribution is 2.18. The summed E-state index contributed by atoms with van der Waals surface area (Å²) in [6.07, 6.45) is 1.80. The van der Waals surface area contributed by atoms with Gasteiger partial charge in [-0.05, 0) is 29.3 Å². The Balaban J connectivity index is 1.36. The molecule has 1 aromatic heterocycles. The lowest BCUT2D eigenvalue weighted by atomic mass is 10.1. The van der Waals surface area contributed by atoms with Crippen molar-refractivity contribution in [3.63, 3.8) is 0 Å². The van der Waals surface area contributed by atoms with Crippen molar-refractivity contribution in [2.45, 2.75) is 18.0 Å². The molecule has 1 aliphatic heterocycles. The topological polar surface area (TPSA) is 87.3 Å². The lowest BCUT2D eigenvalue weighted by molar-refractivity contribution is 0.0730. The Kier molecular flexibility index (Phi) is 5.22. The van der Waals surface area contributed by atoms with Crippen molar-refractivity contribution in [3.05, 3.63) is 59.8 Å². The summed E-state index contributed by atoms with van der Waals surface area (Å²) >= 11 is 0. The molecule has 0 atom stereocenters. The lowest BCUT2D eigenvalue weighted by Crippen LogP contribution is -2.40. The van der Waals surface area contributed by atoms with Crippen LogP contribution in [0.4, 0.5) is 0 Å². The van der Waals surface area contributed by atoms with E-state index in [0.717, 1.165) is 23.0 Å². The molecule has 1 aliphatic rings. The van der Waals surface area contributed by atoms with Gasteiger partial charge in [-0.2, -0.15) is 9.40 Å². The Bertz CT molecular complexity index is 1010. The van der Waals surface area contributed by atoms with Crippen LogP contribution in [-0.4, -0.2) is 49.2 Å². The number of nitrogens with one attached hydrogen (secondary N) is 2. The molecule has 1 saturated heterocycles. The second kappa shape index (κ2) is 7.77. The minimum Gasteiger partial charge on any atom is -0.379 e. The van der Waals surface area contributed by atoms with Gasteiger partial charge >= 0.3 is 0 Å². The Hall–Kier alpha value is -2.26. The summed E-state index contributed by atoms with van der Waals surface area (Å²) in [6.45, 7) is 3.11. The summed E-state index contributed by atoms with van der Waals surface area (Å²) < 4.78 is 32.0. The van der Waals surface area contributed by atoms with Gasteiger partial charge in [0.05, 0.1) is 29.8 Å². The Morgan fingerprint density at radius 3 is 2.52 bits per heavy atom. The number of rotatable bonds is 6. The molecular formula is C19H22N4O3S. The number of H-pyrrole nitrogens is 1. The monoisotopic (exact) mass is 386 g/mol. The first-order chi connectivity index (χ1) is 13.1. The van der Waals surface area contributed by atoms with E-state index >= 15 is 0 Å². The summed E-state index contributed by atoms with van der Waals surface area (Å²) in [7, 11) is -3.43. The molecule has 0 unspecified atom stereocenters. The van der Waals surface area contributed by atoms with Gasteiger partial charge < -0.3 is 10.1 Å². The van der Waals surface area contributed by atoms with Gasteiger partial charge in [0.25, 0.3) is 0 Å². The predicted molar refractivity (Wildman–Crippen MR) is 103 cm³/mol. The van der Waals surface area contributed by atoms with E-state index < -0.39 is 10.0 Å². The molecule has 8 heteroatoms. The number of hydrogen-bond donors (Lipinski definition) is 2. The third-order valence-corrected chi connectivity index (χ3v) is 6.61. The maximum atomic E-state index is 12.6. The number of sulfonamides is 1. The van der Waals surface area contributed by atoms with Gasteiger partial charge in [-0.1, -0.05) is 24.3 Å². The molecule has 3 aromatic rings. The highest BCUT2D eigenvalue weighted by molar-refractivity contribution is 7.89. The highest BCUT2D eigenvalue weighted by atomic mass is 32.2. The Morgan fingerprint density at radius 2 is 1.74 bits per heavy atom. The Morgan fingerprint density at radius 1 is 1.04 bits per heavy atom. The highest BCUT2D eigenvalue weighted by Gasteiger charge is 2.25. The maximum Gasteiger partial charge on any atom is 0.243 e. The minimum absolute atomic E-state index is 0.331. The molecule has 4 rings (SSSR count). The molecule has 2 aromatic carbocycles. The van der Waals surface area contributed by atoms with Crippen molar-refractivity contribution < 1.29 is 13.2 Å². The molecule has 0 spiro atoms. The van der Waals surface area contributed by atoms with Gasteiger partial charge in [0, 0.05) is 31.6 Å². The van der Waals surface area contributed by atoms with Gasteiger partial charge in [0.2, 0.25) is 10.0 Å². The fourth-order valence-corrected chi connectivity index (χ4v) is 4.57. The molecule has 2 heterocycles. The number of benzene rings is 2. The van der Waals surface area contributed by atoms with Crippen LogP contribution in [0.25, 0.3) is 10.9 Å². The smallest absolute Gasteiger partial charge is 0.243 e. The van der Waals surface area contributed by atoms with Gasteiger partial charge in [0.1, 0.15) is 0 Å². The average molecular weight is 386 g/mol. The number of fused-ring (bicyclic) bond motifs is 1. The van der Waals surface area contributed by atoms with Crippen LogP contribution in [0.15, 0.2) is 53.6 Å². The zero-order valence-corrected chi connectivity index (χ0v) is 15.7. The van der Waals surface area contributed by atoms with E-state index in [1.165, 1.54) is 9.87 Å². The molecule has 0 saturated carbocycles. The lowest BCUT2D eigenvalue weighted by Gasteiger charge is -2.26. The first kappa shape index (κ1) is 18.1. The number of ether oxygens (including phenoxy) is 1. The maximum absolute atomic E-state index is 12.6. The SMILES string of the molecule is O=S(=O)(c1ccc(CNCc2ccc3cn[nH]c3c2)cc1)N1CCOCC1. The summed E-state index contributed by atoms with van der Waals surface area (Å²) in [5, 5.41) is 11.5. The largest absolute Gasteiger partial charge is 0.379 e. The fourth-order valence-electron chi connectivity index (χ4n) is 3.16. The average Bonchev–Trinajstić information content (AvgIpc) is 3.17. The van der Waals surface area contributed by atoms with Gasteiger partial charge in [-0.3, -0.25) is 5.10 Å². The summed E-state index contributed by atoms with van der Waals surface area (Å²) in [6, 6.07) is 13.3. The van der Waals surface area contributed by atoms with Crippen molar-refractivity contribution in [1.82, 2.24) is 19.8 Å². The molecular weight excluding hydrogens is 364 g/mol. The minimum atomic E-state index is -3.43. The Labute approximate surface area is 158 Å². The van der Waals surface area contributed by atoms with E-state index in [2.05, 4.69) is 27.6 Å². The number of aromatic amines is 1. The first-order valence-corrected chi connectivity index (χ1v) is 10.4. The van der Waals surface area contributed by atoms with E-state index in [0.29, 0.717) is 37.7 Å². The molecule has 0 bridgehead atoms. The number of hydrogen-bond acceptors (Lipinski definition) is 5. The third-order valence-electron chi connectivity index (χ3n) is 4.70. The quantitative estimate of drug-likeness (QED) is 0.675. The van der Waals surface area contributed by atoms with E-state index in [4.69, 9.17) is 4.74 Å². The molecule has 0 radical (unpaired) electrons. The molecule has 7 nitrogen and oxygen atoms in total. The van der Waals surface area contributed by atoms with Crippen molar-refractivity contribution in [1.29, 1.82) is 0 Å². The van der Waals surface area contributed by atoms with Crippen LogP contribution in [0, 0.1) is 0 Å². The van der Waals surface area contributed by atoms with Gasteiger partial charge in [-0.25, -0.2) is 8.42 Å². The fraction of sp³-hybridized carbons (Fsp3) is 0.316. The molecule has 2 N–H and O–H groups in total. The molecule has 0 amide bonds. The second-order valence-electron chi connectivity index (χ2n) is 6.56. The van der Waals surface area contributed by atoms with Crippen LogP contribution in [0.2, 0.25) is 0 Å². The van der Waals surface area contributed by atoms with Crippen LogP contribution in [0.1, 0.15) is 11.1 Å². The zero-order valence-electron chi connectivity index (χ0n) is 14.9. The van der Waals surface area contributed by atoms with Crippen LogP contribution in [-0.2, 0) is 27.8 Å². The van der Waals surface area contributed by atoms with E-state index in [1.807, 2.05) is 18.2 Å². The van der Waals surface area contributed by atoms with Crippen LogP contribution >= 0.6 is 0 Å². The zero-order chi connectivity index (χ0) is 18.7. The van der Waals surface area contributed by atoms with E-state index in [1.54, 1.807) is 18.3 Å². The van der Waals surface area contributed by atoms with E-state index in [9.17, 15) is 8.42 Å². The van der Waals surface area contributed by atoms with Gasteiger partial charge in [0.15, 0.2) is 0 Å². The van der Waals surface area contributed by atoms with Crippen LogP contribution in [0.5, 0.6) is 0 Å². The second-order valence-corrected chi connectivity index (χ2v) is 8.49. The van der Waals surface area contributed by atoms with E-state index in [-0.39, 0.29) is 0 Å². The molecule has 0 aliphatic carbocycles. The summed E-state index contributed by atoms with van der Waals surface area (Å²) in [5.74, 6) is 0. The standard InChI is InChI=1S/C19H22N4O3S/c24-27(25,23-7-9-26-10-8-23)18-5-2-15(3-6-18)12-20-13-16-1-4-17-14-21-22-19(17)11-16/h1-6,11,14,20H,7-10,12-13H2,(H,21,22). The van der Waals surface area contributed by atoms with Crippen molar-refractivity contribution >= 4 is 20.9 Å². The normalized spacial score (nSPS) is 16.0. The predicted octanol–water partition coefficient (Wildman–Crippen LogP) is 1.87. The number of nitrogens with zero attached hydrogens (tertiary/aromatic N) is 2. The van der Waals surface area contributed by atoms with Crippen LogP contribution < -0.4 is 5.32 Å². The summed E-state index contributed by atoms with van der Waals surface area (Å²) in [4.78, 5) is 0.331. The summed E-state index contributed by atoms with van der Waals surface area (Å²) in [5.41, 5.74) is 3.23. The molecule has 27 heavy (non-hydrogen) atoms. The first-order valence-electron chi connectivity index (χ1n) is 8.92.